The monoisotopic (exact) mass is 584 g/mol. The molecule has 2 amide bonds. The Hall–Kier alpha value is -5.05. The van der Waals surface area contributed by atoms with E-state index < -0.39 is 23.7 Å². The number of ether oxygens (including phenoxy) is 4. The lowest BCUT2D eigenvalue weighted by molar-refractivity contribution is -0.122. The van der Waals surface area contributed by atoms with Crippen molar-refractivity contribution in [3.63, 3.8) is 0 Å². The second kappa shape index (κ2) is 13.3. The SMILES string of the molecule is COc1ccc(CCNC(=O)[C@H](c2ccc(F)cc2)N(C(=O)c2ccc3c(c2)OCCO3)c2ccccc2C)cc1OC. The van der Waals surface area contributed by atoms with E-state index in [1.165, 1.54) is 29.2 Å². The van der Waals surface area contributed by atoms with Crippen LogP contribution in [-0.2, 0) is 11.2 Å². The summed E-state index contributed by atoms with van der Waals surface area (Å²) in [7, 11) is 3.13. The molecule has 0 radical (unpaired) electrons. The second-order valence-corrected chi connectivity index (χ2v) is 10.0. The Bertz CT molecular complexity index is 1610. The van der Waals surface area contributed by atoms with E-state index in [-0.39, 0.29) is 6.54 Å². The Morgan fingerprint density at radius 3 is 2.33 bits per heavy atom. The van der Waals surface area contributed by atoms with Gasteiger partial charge in [-0.05, 0) is 78.6 Å². The number of amides is 2. The van der Waals surface area contributed by atoms with E-state index >= 15 is 0 Å². The number of para-hydroxylation sites is 1. The van der Waals surface area contributed by atoms with Gasteiger partial charge in [-0.25, -0.2) is 4.39 Å². The summed E-state index contributed by atoms with van der Waals surface area (Å²) in [5.74, 6) is 0.922. The lowest BCUT2D eigenvalue weighted by Gasteiger charge is -2.33. The van der Waals surface area contributed by atoms with E-state index in [1.807, 2.05) is 43.3 Å². The maximum atomic E-state index is 14.3. The molecule has 0 aliphatic carbocycles. The third kappa shape index (κ3) is 6.56. The maximum Gasteiger partial charge on any atom is 0.259 e. The molecule has 8 nitrogen and oxygen atoms in total. The van der Waals surface area contributed by atoms with Crippen molar-refractivity contribution < 1.29 is 32.9 Å². The van der Waals surface area contributed by atoms with Crippen molar-refractivity contribution in [1.29, 1.82) is 0 Å². The highest BCUT2D eigenvalue weighted by molar-refractivity contribution is 6.10. The minimum Gasteiger partial charge on any atom is -0.493 e. The van der Waals surface area contributed by atoms with Gasteiger partial charge in [0.25, 0.3) is 5.91 Å². The molecule has 43 heavy (non-hydrogen) atoms. The van der Waals surface area contributed by atoms with Crippen molar-refractivity contribution in [2.45, 2.75) is 19.4 Å². The molecule has 0 unspecified atom stereocenters. The van der Waals surface area contributed by atoms with Crippen LogP contribution in [0, 0.1) is 12.7 Å². The zero-order valence-corrected chi connectivity index (χ0v) is 24.3. The number of carbonyl (C=O) groups excluding carboxylic acids is 2. The Labute approximate surface area is 249 Å². The molecule has 9 heteroatoms. The van der Waals surface area contributed by atoms with Gasteiger partial charge in [-0.15, -0.1) is 0 Å². The Kier molecular flexibility index (Phi) is 9.10. The van der Waals surface area contributed by atoms with E-state index in [9.17, 15) is 14.0 Å². The fourth-order valence-electron chi connectivity index (χ4n) is 5.04. The third-order valence-electron chi connectivity index (χ3n) is 7.24. The molecule has 4 aromatic rings. The first kappa shape index (κ1) is 29.4. The van der Waals surface area contributed by atoms with Crippen LogP contribution in [-0.4, -0.2) is 45.8 Å². The Morgan fingerprint density at radius 2 is 1.60 bits per heavy atom. The van der Waals surface area contributed by atoms with Crippen LogP contribution in [0.1, 0.15) is 33.1 Å². The van der Waals surface area contributed by atoms with Gasteiger partial charge in [0, 0.05) is 17.8 Å². The van der Waals surface area contributed by atoms with Crippen molar-refractivity contribution in [3.8, 4) is 23.0 Å². The minimum absolute atomic E-state index is 0.284. The number of hydrogen-bond acceptors (Lipinski definition) is 6. The van der Waals surface area contributed by atoms with Crippen LogP contribution >= 0.6 is 0 Å². The Balaban J connectivity index is 1.50. The van der Waals surface area contributed by atoms with Gasteiger partial charge in [0.05, 0.1) is 14.2 Å². The third-order valence-corrected chi connectivity index (χ3v) is 7.24. The normalized spacial score (nSPS) is 12.7. The number of carbonyl (C=O) groups is 2. The van der Waals surface area contributed by atoms with Crippen LogP contribution in [0.4, 0.5) is 10.1 Å². The summed E-state index contributed by atoms with van der Waals surface area (Å²) in [6, 6.07) is 22.4. The molecule has 1 aliphatic heterocycles. The molecule has 1 heterocycles. The van der Waals surface area contributed by atoms with E-state index in [4.69, 9.17) is 18.9 Å². The summed E-state index contributed by atoms with van der Waals surface area (Å²) < 4.78 is 36.1. The zero-order valence-electron chi connectivity index (χ0n) is 24.3. The van der Waals surface area contributed by atoms with Crippen molar-refractivity contribution in [2.24, 2.45) is 0 Å². The number of fused-ring (bicyclic) bond motifs is 1. The van der Waals surface area contributed by atoms with Crippen LogP contribution in [0.3, 0.4) is 0 Å². The molecular weight excluding hydrogens is 551 g/mol. The fraction of sp³-hybridized carbons (Fsp3) is 0.235. The number of methoxy groups -OCH3 is 2. The van der Waals surface area contributed by atoms with Crippen molar-refractivity contribution in [1.82, 2.24) is 5.32 Å². The lowest BCUT2D eigenvalue weighted by Crippen LogP contribution is -2.44. The predicted octanol–water partition coefficient (Wildman–Crippen LogP) is 5.67. The summed E-state index contributed by atoms with van der Waals surface area (Å²) in [6.07, 6.45) is 0.503. The highest BCUT2D eigenvalue weighted by Gasteiger charge is 2.34. The van der Waals surface area contributed by atoms with Gasteiger partial charge in [-0.3, -0.25) is 14.5 Å². The molecule has 0 aromatic heterocycles. The Morgan fingerprint density at radius 1 is 0.884 bits per heavy atom. The summed E-state index contributed by atoms with van der Waals surface area (Å²) in [4.78, 5) is 29.9. The number of nitrogens with zero attached hydrogens (tertiary/aromatic N) is 1. The van der Waals surface area contributed by atoms with Gasteiger partial charge in [0.15, 0.2) is 23.0 Å². The first-order valence-electron chi connectivity index (χ1n) is 13.9. The van der Waals surface area contributed by atoms with Crippen LogP contribution in [0.25, 0.3) is 0 Å². The molecule has 4 aromatic carbocycles. The smallest absolute Gasteiger partial charge is 0.259 e. The molecule has 1 atom stereocenters. The highest BCUT2D eigenvalue weighted by atomic mass is 19.1. The fourth-order valence-corrected chi connectivity index (χ4v) is 5.04. The van der Waals surface area contributed by atoms with E-state index in [0.717, 1.165) is 11.1 Å². The van der Waals surface area contributed by atoms with Gasteiger partial charge < -0.3 is 24.3 Å². The quantitative estimate of drug-likeness (QED) is 0.259. The van der Waals surface area contributed by atoms with Gasteiger partial charge in [0.1, 0.15) is 25.1 Å². The van der Waals surface area contributed by atoms with Crippen molar-refractivity contribution >= 4 is 17.5 Å². The molecule has 0 saturated heterocycles. The lowest BCUT2D eigenvalue weighted by atomic mass is 10.00. The molecule has 0 bridgehead atoms. The molecule has 0 fully saturated rings. The summed E-state index contributed by atoms with van der Waals surface area (Å²) in [5, 5.41) is 2.99. The first-order chi connectivity index (χ1) is 20.9. The number of aryl methyl sites for hydroxylation is 1. The molecule has 0 saturated carbocycles. The summed E-state index contributed by atoms with van der Waals surface area (Å²) >= 11 is 0. The van der Waals surface area contributed by atoms with Gasteiger partial charge in [-0.1, -0.05) is 36.4 Å². The number of anilines is 1. The number of rotatable bonds is 10. The number of nitrogens with one attached hydrogen (secondary N) is 1. The maximum absolute atomic E-state index is 14.3. The van der Waals surface area contributed by atoms with E-state index in [1.54, 1.807) is 38.5 Å². The predicted molar refractivity (Wildman–Crippen MR) is 161 cm³/mol. The molecule has 0 spiro atoms. The van der Waals surface area contributed by atoms with Crippen molar-refractivity contribution in [2.75, 3.05) is 38.9 Å². The number of halogens is 1. The summed E-state index contributed by atoms with van der Waals surface area (Å²) in [5.41, 5.74) is 3.04. The standard InChI is InChI=1S/C34H33FN2O6/c1-22-6-4-5-7-27(22)37(34(39)25-11-15-29-31(21-25)43-19-18-42-29)32(24-9-12-26(35)13-10-24)33(38)36-17-16-23-8-14-28(40-2)30(20-23)41-3/h4-15,20-21,32H,16-19H2,1-3H3,(H,36,38)/t32-/m0/s1. The average molecular weight is 585 g/mol. The number of benzene rings is 4. The minimum atomic E-state index is -1.10. The molecule has 5 rings (SSSR count). The number of hydrogen-bond donors (Lipinski definition) is 1. The van der Waals surface area contributed by atoms with E-state index in [0.29, 0.717) is 59.4 Å². The molecule has 222 valence electrons. The van der Waals surface area contributed by atoms with Crippen LogP contribution < -0.4 is 29.2 Å². The van der Waals surface area contributed by atoms with E-state index in [2.05, 4.69) is 5.32 Å². The second-order valence-electron chi connectivity index (χ2n) is 10.0. The molecule has 1 aliphatic rings. The highest BCUT2D eigenvalue weighted by Crippen LogP contribution is 2.35. The van der Waals surface area contributed by atoms with Crippen LogP contribution in [0.15, 0.2) is 84.9 Å². The van der Waals surface area contributed by atoms with Crippen LogP contribution in [0.5, 0.6) is 23.0 Å². The average Bonchev–Trinajstić information content (AvgIpc) is 3.04. The topological polar surface area (TPSA) is 86.3 Å². The van der Waals surface area contributed by atoms with Crippen LogP contribution in [0.2, 0.25) is 0 Å². The molecular formula is C34H33FN2O6. The van der Waals surface area contributed by atoms with Gasteiger partial charge in [0.2, 0.25) is 5.91 Å². The first-order valence-corrected chi connectivity index (χ1v) is 13.9. The largest absolute Gasteiger partial charge is 0.493 e. The zero-order chi connectivity index (χ0) is 30.3. The summed E-state index contributed by atoms with van der Waals surface area (Å²) in [6.45, 7) is 2.94. The van der Waals surface area contributed by atoms with Crippen molar-refractivity contribution in [3.05, 3.63) is 113 Å². The van der Waals surface area contributed by atoms with Gasteiger partial charge >= 0.3 is 0 Å². The molecule has 1 N–H and O–H groups in total. The van der Waals surface area contributed by atoms with Gasteiger partial charge in [-0.2, -0.15) is 0 Å².